The van der Waals surface area contributed by atoms with Crippen LogP contribution in [0.25, 0.3) is 0 Å². The molecule has 0 aromatic heterocycles. The van der Waals surface area contributed by atoms with Crippen LogP contribution in [0, 0.1) is 11.3 Å². The number of nitriles is 1. The van der Waals surface area contributed by atoms with Crippen LogP contribution in [0.3, 0.4) is 0 Å². The Bertz CT molecular complexity index is 356. The molecular weight excluding hydrogens is 212 g/mol. The summed E-state index contributed by atoms with van der Waals surface area (Å²) >= 11 is 0. The molecule has 1 aromatic rings. The average Bonchev–Trinajstić information content (AvgIpc) is 2.34. The molecular formula is C14H20N2O. The highest BCUT2D eigenvalue weighted by molar-refractivity contribution is 5.20. The Kier molecular flexibility index (Phi) is 5.68. The fourth-order valence-corrected chi connectivity index (χ4v) is 1.84. The van der Waals surface area contributed by atoms with Gasteiger partial charge in [0.15, 0.2) is 0 Å². The van der Waals surface area contributed by atoms with Crippen LogP contribution >= 0.6 is 0 Å². The summed E-state index contributed by atoms with van der Waals surface area (Å²) in [6, 6.07) is 12.4. The highest BCUT2D eigenvalue weighted by atomic mass is 16.3. The molecule has 3 heteroatoms. The molecule has 1 rings (SSSR count). The number of aliphatic hydroxyl groups is 1. The lowest BCUT2D eigenvalue weighted by molar-refractivity contribution is 0.150. The van der Waals surface area contributed by atoms with Gasteiger partial charge in [-0.05, 0) is 26.0 Å². The third kappa shape index (κ3) is 4.56. The molecule has 0 saturated heterocycles. The number of hydrogen-bond donors (Lipinski definition) is 1. The van der Waals surface area contributed by atoms with Gasteiger partial charge in [0, 0.05) is 12.6 Å². The Morgan fingerprint density at radius 1 is 1.35 bits per heavy atom. The third-order valence-electron chi connectivity index (χ3n) is 2.90. The molecule has 3 nitrogen and oxygen atoms in total. The van der Waals surface area contributed by atoms with Crippen LogP contribution < -0.4 is 0 Å². The molecule has 17 heavy (non-hydrogen) atoms. The quantitative estimate of drug-likeness (QED) is 0.819. The molecule has 1 N–H and O–H groups in total. The number of benzene rings is 1. The van der Waals surface area contributed by atoms with Gasteiger partial charge in [-0.25, -0.2) is 0 Å². The van der Waals surface area contributed by atoms with E-state index in [1.54, 1.807) is 6.92 Å². The Morgan fingerprint density at radius 2 is 2.00 bits per heavy atom. The number of nitrogens with zero attached hydrogens (tertiary/aromatic N) is 2. The lowest BCUT2D eigenvalue weighted by Crippen LogP contribution is -2.27. The van der Waals surface area contributed by atoms with E-state index in [4.69, 9.17) is 5.26 Å². The van der Waals surface area contributed by atoms with E-state index in [9.17, 15) is 5.11 Å². The fourth-order valence-electron chi connectivity index (χ4n) is 1.84. The highest BCUT2D eigenvalue weighted by Crippen LogP contribution is 2.22. The van der Waals surface area contributed by atoms with Crippen LogP contribution in [0.2, 0.25) is 0 Å². The maximum Gasteiger partial charge on any atom is 0.0641 e. The first-order valence-electron chi connectivity index (χ1n) is 5.95. The van der Waals surface area contributed by atoms with Crippen molar-refractivity contribution in [3.8, 4) is 6.07 Å². The SMILES string of the molecule is CC(O)CCN(C)C(CC#N)c1ccccc1. The topological polar surface area (TPSA) is 47.3 Å². The summed E-state index contributed by atoms with van der Waals surface area (Å²) in [4.78, 5) is 2.13. The van der Waals surface area contributed by atoms with Gasteiger partial charge in [-0.2, -0.15) is 5.26 Å². The normalized spacial score (nSPS) is 14.3. The largest absolute Gasteiger partial charge is 0.393 e. The minimum absolute atomic E-state index is 0.111. The molecule has 0 saturated carbocycles. The van der Waals surface area contributed by atoms with Crippen molar-refractivity contribution in [2.75, 3.05) is 13.6 Å². The number of hydrogen-bond acceptors (Lipinski definition) is 3. The van der Waals surface area contributed by atoms with Crippen LogP contribution in [0.15, 0.2) is 30.3 Å². The van der Waals surface area contributed by atoms with Crippen molar-refractivity contribution in [2.45, 2.75) is 31.9 Å². The smallest absolute Gasteiger partial charge is 0.0641 e. The fraction of sp³-hybridized carbons (Fsp3) is 0.500. The average molecular weight is 232 g/mol. The van der Waals surface area contributed by atoms with E-state index in [-0.39, 0.29) is 12.1 Å². The van der Waals surface area contributed by atoms with E-state index in [0.29, 0.717) is 6.42 Å². The third-order valence-corrected chi connectivity index (χ3v) is 2.90. The molecule has 92 valence electrons. The first-order valence-corrected chi connectivity index (χ1v) is 5.95. The molecule has 0 aliphatic carbocycles. The van der Waals surface area contributed by atoms with Crippen molar-refractivity contribution in [3.63, 3.8) is 0 Å². The second-order valence-corrected chi connectivity index (χ2v) is 4.41. The predicted octanol–water partition coefficient (Wildman–Crippen LogP) is 2.34. The molecule has 0 aliphatic rings. The molecule has 0 spiro atoms. The lowest BCUT2D eigenvalue weighted by Gasteiger charge is -2.27. The van der Waals surface area contributed by atoms with Gasteiger partial charge in [0.05, 0.1) is 18.6 Å². The maximum atomic E-state index is 9.29. The first kappa shape index (κ1) is 13.7. The van der Waals surface area contributed by atoms with E-state index in [2.05, 4.69) is 11.0 Å². The Balaban J connectivity index is 2.69. The van der Waals surface area contributed by atoms with Crippen LogP contribution in [-0.2, 0) is 0 Å². The Morgan fingerprint density at radius 3 is 2.53 bits per heavy atom. The van der Waals surface area contributed by atoms with Crippen LogP contribution in [0.1, 0.15) is 31.4 Å². The van der Waals surface area contributed by atoms with Crippen LogP contribution in [0.5, 0.6) is 0 Å². The zero-order valence-electron chi connectivity index (χ0n) is 10.5. The van der Waals surface area contributed by atoms with Gasteiger partial charge in [0.1, 0.15) is 0 Å². The highest BCUT2D eigenvalue weighted by Gasteiger charge is 2.16. The lowest BCUT2D eigenvalue weighted by atomic mass is 10.0. The van der Waals surface area contributed by atoms with Gasteiger partial charge in [-0.1, -0.05) is 30.3 Å². The van der Waals surface area contributed by atoms with Gasteiger partial charge in [-0.15, -0.1) is 0 Å². The molecule has 0 radical (unpaired) electrons. The molecule has 0 heterocycles. The van der Waals surface area contributed by atoms with Crippen molar-refractivity contribution in [1.82, 2.24) is 4.90 Å². The van der Waals surface area contributed by atoms with Gasteiger partial charge in [0.2, 0.25) is 0 Å². The van der Waals surface area contributed by atoms with E-state index < -0.39 is 0 Å². The van der Waals surface area contributed by atoms with Gasteiger partial charge in [0.25, 0.3) is 0 Å². The van der Waals surface area contributed by atoms with Gasteiger partial charge < -0.3 is 5.11 Å². The van der Waals surface area contributed by atoms with Crippen molar-refractivity contribution in [2.24, 2.45) is 0 Å². The summed E-state index contributed by atoms with van der Waals surface area (Å²) in [6.45, 7) is 2.58. The molecule has 0 aliphatic heterocycles. The van der Waals surface area contributed by atoms with Crippen LogP contribution in [-0.4, -0.2) is 29.7 Å². The minimum atomic E-state index is -0.295. The summed E-state index contributed by atoms with van der Waals surface area (Å²) in [5.41, 5.74) is 1.15. The second kappa shape index (κ2) is 7.05. The summed E-state index contributed by atoms with van der Waals surface area (Å²) in [5.74, 6) is 0. The first-order chi connectivity index (χ1) is 8.15. The molecule has 1 aromatic carbocycles. The van der Waals surface area contributed by atoms with E-state index in [1.165, 1.54) is 0 Å². The summed E-state index contributed by atoms with van der Waals surface area (Å²) in [6.07, 6.45) is 0.905. The Hall–Kier alpha value is -1.37. The molecule has 2 unspecified atom stereocenters. The monoisotopic (exact) mass is 232 g/mol. The summed E-state index contributed by atoms with van der Waals surface area (Å²) in [7, 11) is 2.00. The molecule has 0 amide bonds. The van der Waals surface area contributed by atoms with E-state index in [0.717, 1.165) is 18.5 Å². The zero-order valence-corrected chi connectivity index (χ0v) is 10.5. The van der Waals surface area contributed by atoms with Crippen molar-refractivity contribution in [3.05, 3.63) is 35.9 Å². The van der Waals surface area contributed by atoms with Crippen molar-refractivity contribution < 1.29 is 5.11 Å². The Labute approximate surface area is 103 Å². The van der Waals surface area contributed by atoms with E-state index >= 15 is 0 Å². The second-order valence-electron chi connectivity index (χ2n) is 4.41. The zero-order chi connectivity index (χ0) is 12.7. The number of aliphatic hydroxyl groups excluding tert-OH is 1. The maximum absolute atomic E-state index is 9.29. The standard InChI is InChI=1S/C14H20N2O/c1-12(17)9-11-16(2)14(8-10-15)13-6-4-3-5-7-13/h3-7,12,14,17H,8-9,11H2,1-2H3. The molecule has 0 bridgehead atoms. The minimum Gasteiger partial charge on any atom is -0.393 e. The molecule has 2 atom stereocenters. The van der Waals surface area contributed by atoms with Gasteiger partial charge in [-0.3, -0.25) is 4.90 Å². The summed E-state index contributed by atoms with van der Waals surface area (Å²) in [5, 5.41) is 18.2. The van der Waals surface area contributed by atoms with Crippen molar-refractivity contribution in [1.29, 1.82) is 5.26 Å². The predicted molar refractivity (Wildman–Crippen MR) is 68.3 cm³/mol. The van der Waals surface area contributed by atoms with Gasteiger partial charge >= 0.3 is 0 Å². The van der Waals surface area contributed by atoms with Crippen LogP contribution in [0.4, 0.5) is 0 Å². The molecule has 0 fully saturated rings. The number of rotatable bonds is 6. The van der Waals surface area contributed by atoms with E-state index in [1.807, 2.05) is 37.4 Å². The van der Waals surface area contributed by atoms with Crippen molar-refractivity contribution >= 4 is 0 Å². The summed E-state index contributed by atoms with van der Waals surface area (Å²) < 4.78 is 0.